The van der Waals surface area contributed by atoms with Crippen LogP contribution in [0.2, 0.25) is 0 Å². The van der Waals surface area contributed by atoms with Gasteiger partial charge < -0.3 is 10.4 Å². The number of benzene rings is 1. The van der Waals surface area contributed by atoms with Crippen LogP contribution in [0.1, 0.15) is 11.3 Å². The van der Waals surface area contributed by atoms with Gasteiger partial charge in [-0.05, 0) is 6.07 Å². The van der Waals surface area contributed by atoms with E-state index in [9.17, 15) is 9.90 Å². The average molecular weight is 285 g/mol. The van der Waals surface area contributed by atoms with Crippen LogP contribution < -0.4 is 5.32 Å². The number of nitrogens with zero attached hydrogens (tertiary/aromatic N) is 2. The summed E-state index contributed by atoms with van der Waals surface area (Å²) in [5, 5.41) is 15.4. The number of anilines is 1. The normalized spacial score (nSPS) is 21.1. The number of aliphatic hydroxyl groups is 1. The van der Waals surface area contributed by atoms with Crippen LogP contribution >= 0.6 is 11.3 Å². The molecule has 4 rings (SSSR count). The Morgan fingerprint density at radius 3 is 3.10 bits per heavy atom. The van der Waals surface area contributed by atoms with E-state index in [-0.39, 0.29) is 6.42 Å². The third-order valence-electron chi connectivity index (χ3n) is 3.58. The molecule has 2 N–H and O–H groups in total. The molecule has 5 nitrogen and oxygen atoms in total. The average Bonchev–Trinajstić information content (AvgIpc) is 3.05. The molecule has 1 aliphatic rings. The summed E-state index contributed by atoms with van der Waals surface area (Å²) >= 11 is 1.52. The lowest BCUT2D eigenvalue weighted by molar-refractivity contribution is -0.133. The predicted molar refractivity (Wildman–Crippen MR) is 75.7 cm³/mol. The standard InChI is InChI=1S/C14H11N3O2S/c18-12-14(19,10-3-1-2-4-11(10)16-12)7-9-8-17-5-6-20-13(17)15-9/h1-6,8,19H,7H2,(H,16,18). The van der Waals surface area contributed by atoms with E-state index in [1.165, 1.54) is 11.3 Å². The van der Waals surface area contributed by atoms with Gasteiger partial charge in [0.2, 0.25) is 0 Å². The number of para-hydroxylation sites is 1. The summed E-state index contributed by atoms with van der Waals surface area (Å²) in [4.78, 5) is 17.4. The fraction of sp³-hybridized carbons (Fsp3) is 0.143. The van der Waals surface area contributed by atoms with Gasteiger partial charge in [-0.3, -0.25) is 9.20 Å². The van der Waals surface area contributed by atoms with Crippen molar-refractivity contribution in [2.45, 2.75) is 12.0 Å². The minimum Gasteiger partial charge on any atom is -0.375 e. The first kappa shape index (κ1) is 11.6. The van der Waals surface area contributed by atoms with Crippen LogP contribution in [0.15, 0.2) is 42.0 Å². The third kappa shape index (κ3) is 1.52. The smallest absolute Gasteiger partial charge is 0.261 e. The van der Waals surface area contributed by atoms with E-state index >= 15 is 0 Å². The van der Waals surface area contributed by atoms with Gasteiger partial charge in [-0.1, -0.05) is 18.2 Å². The fourth-order valence-corrected chi connectivity index (χ4v) is 3.32. The molecule has 2 aromatic heterocycles. The lowest BCUT2D eigenvalue weighted by Gasteiger charge is -2.19. The second-order valence-electron chi connectivity index (χ2n) is 4.86. The van der Waals surface area contributed by atoms with Crippen molar-refractivity contribution in [1.82, 2.24) is 9.38 Å². The number of amides is 1. The van der Waals surface area contributed by atoms with E-state index in [4.69, 9.17) is 0 Å². The number of nitrogens with one attached hydrogen (secondary N) is 1. The Balaban J connectivity index is 1.77. The van der Waals surface area contributed by atoms with E-state index in [1.54, 1.807) is 12.1 Å². The Labute approximate surface area is 118 Å². The Hall–Kier alpha value is -2.18. The maximum atomic E-state index is 12.1. The topological polar surface area (TPSA) is 66.6 Å². The fourth-order valence-electron chi connectivity index (χ4n) is 2.60. The molecule has 0 bridgehead atoms. The molecule has 0 saturated carbocycles. The number of rotatable bonds is 2. The summed E-state index contributed by atoms with van der Waals surface area (Å²) in [7, 11) is 0. The highest BCUT2D eigenvalue weighted by Crippen LogP contribution is 2.37. The van der Waals surface area contributed by atoms with Gasteiger partial charge >= 0.3 is 0 Å². The first-order valence-corrected chi connectivity index (χ1v) is 7.09. The highest BCUT2D eigenvalue weighted by Gasteiger charge is 2.45. The minimum atomic E-state index is -1.54. The van der Waals surface area contributed by atoms with E-state index in [2.05, 4.69) is 10.3 Å². The van der Waals surface area contributed by atoms with Crippen LogP contribution in [0.25, 0.3) is 4.96 Å². The molecular weight excluding hydrogens is 274 g/mol. The zero-order chi connectivity index (χ0) is 13.7. The van der Waals surface area contributed by atoms with Gasteiger partial charge in [-0.25, -0.2) is 4.98 Å². The van der Waals surface area contributed by atoms with E-state index in [1.807, 2.05) is 34.3 Å². The molecule has 3 heterocycles. The SMILES string of the molecule is O=C1Nc2ccccc2C1(O)Cc1cn2ccsc2n1. The molecular formula is C14H11N3O2S. The lowest BCUT2D eigenvalue weighted by Crippen LogP contribution is -2.36. The molecule has 1 unspecified atom stereocenters. The zero-order valence-corrected chi connectivity index (χ0v) is 11.2. The molecule has 0 aliphatic carbocycles. The molecule has 3 aromatic rings. The number of hydrogen-bond acceptors (Lipinski definition) is 4. The van der Waals surface area contributed by atoms with Crippen molar-refractivity contribution >= 4 is 27.9 Å². The Morgan fingerprint density at radius 2 is 2.25 bits per heavy atom. The lowest BCUT2D eigenvalue weighted by atomic mass is 9.91. The zero-order valence-electron chi connectivity index (χ0n) is 10.4. The molecule has 1 amide bonds. The Bertz CT molecular complexity index is 794. The molecule has 0 fully saturated rings. The van der Waals surface area contributed by atoms with E-state index < -0.39 is 11.5 Å². The van der Waals surface area contributed by atoms with Gasteiger partial charge in [0.1, 0.15) is 0 Å². The van der Waals surface area contributed by atoms with E-state index in [0.29, 0.717) is 16.9 Å². The summed E-state index contributed by atoms with van der Waals surface area (Å²) < 4.78 is 1.89. The molecule has 1 aromatic carbocycles. The van der Waals surface area contributed by atoms with Gasteiger partial charge in [0, 0.05) is 35.4 Å². The van der Waals surface area contributed by atoms with Gasteiger partial charge in [0.05, 0.1) is 5.69 Å². The highest BCUT2D eigenvalue weighted by atomic mass is 32.1. The monoisotopic (exact) mass is 285 g/mol. The molecule has 1 atom stereocenters. The van der Waals surface area contributed by atoms with Crippen LogP contribution in [-0.4, -0.2) is 20.4 Å². The summed E-state index contributed by atoms with van der Waals surface area (Å²) in [5.74, 6) is -0.393. The second kappa shape index (κ2) is 3.91. The molecule has 100 valence electrons. The summed E-state index contributed by atoms with van der Waals surface area (Å²) in [6.07, 6.45) is 3.92. The van der Waals surface area contributed by atoms with Crippen LogP contribution in [0.5, 0.6) is 0 Å². The first-order chi connectivity index (χ1) is 9.67. The van der Waals surface area contributed by atoms with Crippen LogP contribution in [0.3, 0.4) is 0 Å². The summed E-state index contributed by atoms with van der Waals surface area (Å²) in [5.41, 5.74) is 0.439. The number of hydrogen-bond donors (Lipinski definition) is 2. The number of imidazole rings is 1. The molecule has 0 spiro atoms. The van der Waals surface area contributed by atoms with Gasteiger partial charge in [0.25, 0.3) is 5.91 Å². The number of carbonyl (C=O) groups is 1. The van der Waals surface area contributed by atoms with Crippen molar-refractivity contribution < 1.29 is 9.90 Å². The minimum absolute atomic E-state index is 0.171. The Morgan fingerprint density at radius 1 is 1.40 bits per heavy atom. The van der Waals surface area contributed by atoms with Gasteiger partial charge in [0.15, 0.2) is 10.6 Å². The van der Waals surface area contributed by atoms with Crippen molar-refractivity contribution in [3.05, 3.63) is 53.3 Å². The molecule has 0 radical (unpaired) electrons. The summed E-state index contributed by atoms with van der Waals surface area (Å²) in [6, 6.07) is 7.20. The van der Waals surface area contributed by atoms with Crippen LogP contribution in [-0.2, 0) is 16.8 Å². The summed E-state index contributed by atoms with van der Waals surface area (Å²) in [6.45, 7) is 0. The van der Waals surface area contributed by atoms with Crippen molar-refractivity contribution in [2.24, 2.45) is 0 Å². The van der Waals surface area contributed by atoms with Crippen LogP contribution in [0.4, 0.5) is 5.69 Å². The van der Waals surface area contributed by atoms with Crippen molar-refractivity contribution in [3.63, 3.8) is 0 Å². The number of carbonyl (C=O) groups excluding carboxylic acids is 1. The highest BCUT2D eigenvalue weighted by molar-refractivity contribution is 7.15. The van der Waals surface area contributed by atoms with E-state index in [0.717, 1.165) is 4.96 Å². The number of thiazole rings is 1. The van der Waals surface area contributed by atoms with Crippen molar-refractivity contribution in [1.29, 1.82) is 0 Å². The number of fused-ring (bicyclic) bond motifs is 2. The molecule has 0 saturated heterocycles. The van der Waals surface area contributed by atoms with Crippen molar-refractivity contribution in [3.8, 4) is 0 Å². The maximum Gasteiger partial charge on any atom is 0.261 e. The molecule has 20 heavy (non-hydrogen) atoms. The molecule has 1 aliphatic heterocycles. The number of aromatic nitrogens is 2. The molecule has 6 heteroatoms. The third-order valence-corrected chi connectivity index (χ3v) is 4.35. The Kier molecular flexibility index (Phi) is 2.27. The van der Waals surface area contributed by atoms with Gasteiger partial charge in [-0.15, -0.1) is 11.3 Å². The van der Waals surface area contributed by atoms with Crippen molar-refractivity contribution in [2.75, 3.05) is 5.32 Å². The van der Waals surface area contributed by atoms with Crippen LogP contribution in [0, 0.1) is 0 Å². The quantitative estimate of drug-likeness (QED) is 0.754. The first-order valence-electron chi connectivity index (χ1n) is 6.21. The van der Waals surface area contributed by atoms with Gasteiger partial charge in [-0.2, -0.15) is 0 Å². The second-order valence-corrected chi connectivity index (χ2v) is 5.73. The maximum absolute atomic E-state index is 12.1. The largest absolute Gasteiger partial charge is 0.375 e. The predicted octanol–water partition coefficient (Wildman–Crippen LogP) is 1.78.